The molecular weight excluding hydrogens is 222 g/mol. The first-order valence-electron chi connectivity index (χ1n) is 5.79. The first-order valence-corrected chi connectivity index (χ1v) is 6.32. The molecule has 0 fully saturated rings. The molecule has 0 aliphatic heterocycles. The molecule has 16 heavy (non-hydrogen) atoms. The standard InChI is InChI=1S/C12H20ClN3/c1-9(2)12-15-10(3)8-11(16-12)14-7-5-4-6-13/h8-9H,4-7H2,1-3H3,(H,14,15,16). The number of anilines is 1. The highest BCUT2D eigenvalue weighted by Crippen LogP contribution is 2.13. The molecule has 1 aromatic rings. The molecule has 0 unspecified atom stereocenters. The fourth-order valence-corrected chi connectivity index (χ4v) is 1.57. The summed E-state index contributed by atoms with van der Waals surface area (Å²) in [5, 5.41) is 3.31. The molecule has 1 rings (SSSR count). The van der Waals surface area contributed by atoms with E-state index in [4.69, 9.17) is 11.6 Å². The normalized spacial score (nSPS) is 10.8. The Balaban J connectivity index is 2.58. The highest BCUT2D eigenvalue weighted by molar-refractivity contribution is 6.17. The second kappa shape index (κ2) is 6.69. The zero-order valence-corrected chi connectivity index (χ0v) is 11.0. The molecule has 0 atom stereocenters. The number of halogens is 1. The average Bonchev–Trinajstić information content (AvgIpc) is 2.23. The van der Waals surface area contributed by atoms with Crippen molar-refractivity contribution in [3.63, 3.8) is 0 Å². The fourth-order valence-electron chi connectivity index (χ4n) is 1.38. The quantitative estimate of drug-likeness (QED) is 0.613. The predicted octanol–water partition coefficient (Wildman–Crippen LogP) is 3.34. The van der Waals surface area contributed by atoms with Crippen molar-refractivity contribution in [3.05, 3.63) is 17.6 Å². The number of aromatic nitrogens is 2. The summed E-state index contributed by atoms with van der Waals surface area (Å²) in [5.41, 5.74) is 1.01. The monoisotopic (exact) mass is 241 g/mol. The maximum absolute atomic E-state index is 5.62. The second-order valence-corrected chi connectivity index (χ2v) is 4.61. The van der Waals surface area contributed by atoms with Gasteiger partial charge >= 0.3 is 0 Å². The van der Waals surface area contributed by atoms with Crippen LogP contribution in [0, 0.1) is 6.92 Å². The number of hydrogen-bond donors (Lipinski definition) is 1. The number of aryl methyl sites for hydroxylation is 1. The van der Waals surface area contributed by atoms with E-state index in [2.05, 4.69) is 29.1 Å². The van der Waals surface area contributed by atoms with Crippen molar-refractivity contribution in [2.45, 2.75) is 39.5 Å². The lowest BCUT2D eigenvalue weighted by molar-refractivity contribution is 0.763. The zero-order valence-electron chi connectivity index (χ0n) is 10.3. The molecule has 0 aromatic carbocycles. The topological polar surface area (TPSA) is 37.8 Å². The van der Waals surface area contributed by atoms with Gasteiger partial charge in [-0.25, -0.2) is 9.97 Å². The van der Waals surface area contributed by atoms with Crippen molar-refractivity contribution in [1.82, 2.24) is 9.97 Å². The summed E-state index contributed by atoms with van der Waals surface area (Å²) in [6.07, 6.45) is 2.11. The summed E-state index contributed by atoms with van der Waals surface area (Å²) in [7, 11) is 0. The second-order valence-electron chi connectivity index (χ2n) is 4.23. The van der Waals surface area contributed by atoms with Crippen LogP contribution in [0.25, 0.3) is 0 Å². The predicted molar refractivity (Wildman–Crippen MR) is 69.3 cm³/mol. The van der Waals surface area contributed by atoms with E-state index >= 15 is 0 Å². The van der Waals surface area contributed by atoms with Gasteiger partial charge in [-0.05, 0) is 19.8 Å². The molecule has 0 aliphatic rings. The molecule has 3 nitrogen and oxygen atoms in total. The number of alkyl halides is 1. The molecule has 1 heterocycles. The first kappa shape index (κ1) is 13.2. The molecule has 0 saturated heterocycles. The molecule has 0 bridgehead atoms. The smallest absolute Gasteiger partial charge is 0.133 e. The van der Waals surface area contributed by atoms with Crippen LogP contribution in [0.5, 0.6) is 0 Å². The third kappa shape index (κ3) is 4.35. The molecule has 0 radical (unpaired) electrons. The Kier molecular flexibility index (Phi) is 5.53. The summed E-state index contributed by atoms with van der Waals surface area (Å²) in [5.74, 6) is 2.91. The molecule has 4 heteroatoms. The Morgan fingerprint density at radius 1 is 1.31 bits per heavy atom. The average molecular weight is 242 g/mol. The largest absolute Gasteiger partial charge is 0.370 e. The van der Waals surface area contributed by atoms with E-state index in [1.807, 2.05) is 13.0 Å². The van der Waals surface area contributed by atoms with Gasteiger partial charge in [0.15, 0.2) is 0 Å². The van der Waals surface area contributed by atoms with Crippen molar-refractivity contribution >= 4 is 17.4 Å². The molecule has 90 valence electrons. The molecule has 0 spiro atoms. The SMILES string of the molecule is Cc1cc(NCCCCCl)nc(C(C)C)n1. The van der Waals surface area contributed by atoms with Crippen LogP contribution in [0.3, 0.4) is 0 Å². The van der Waals surface area contributed by atoms with E-state index in [0.29, 0.717) is 5.92 Å². The van der Waals surface area contributed by atoms with E-state index in [9.17, 15) is 0 Å². The van der Waals surface area contributed by atoms with Crippen molar-refractivity contribution in [2.75, 3.05) is 17.7 Å². The Morgan fingerprint density at radius 2 is 2.06 bits per heavy atom. The van der Waals surface area contributed by atoms with Gasteiger partial charge in [0.1, 0.15) is 11.6 Å². The van der Waals surface area contributed by atoms with Gasteiger partial charge in [-0.2, -0.15) is 0 Å². The molecule has 0 amide bonds. The van der Waals surface area contributed by atoms with Gasteiger partial charge in [0, 0.05) is 30.1 Å². The van der Waals surface area contributed by atoms with Crippen molar-refractivity contribution in [2.24, 2.45) is 0 Å². The van der Waals surface area contributed by atoms with E-state index in [1.54, 1.807) is 0 Å². The Hall–Kier alpha value is -0.830. The summed E-state index contributed by atoms with van der Waals surface area (Å²) in [4.78, 5) is 8.88. The van der Waals surface area contributed by atoms with Gasteiger partial charge in [-0.15, -0.1) is 11.6 Å². The Bertz CT molecular complexity index is 326. The van der Waals surface area contributed by atoms with Crippen LogP contribution in [0.15, 0.2) is 6.07 Å². The van der Waals surface area contributed by atoms with E-state index in [1.165, 1.54) is 0 Å². The first-order chi connectivity index (χ1) is 7.63. The highest BCUT2D eigenvalue weighted by Gasteiger charge is 2.05. The van der Waals surface area contributed by atoms with Crippen molar-refractivity contribution in [3.8, 4) is 0 Å². The minimum atomic E-state index is 0.364. The van der Waals surface area contributed by atoms with Crippen molar-refractivity contribution in [1.29, 1.82) is 0 Å². The summed E-state index contributed by atoms with van der Waals surface area (Å²) in [6, 6.07) is 1.98. The van der Waals surface area contributed by atoms with Crippen LogP contribution in [-0.2, 0) is 0 Å². The van der Waals surface area contributed by atoms with Crippen LogP contribution in [0.2, 0.25) is 0 Å². The zero-order chi connectivity index (χ0) is 12.0. The van der Waals surface area contributed by atoms with Gasteiger partial charge in [0.25, 0.3) is 0 Å². The molecule has 1 N–H and O–H groups in total. The van der Waals surface area contributed by atoms with E-state index in [-0.39, 0.29) is 0 Å². The molecule has 0 aliphatic carbocycles. The number of nitrogens with zero attached hydrogens (tertiary/aromatic N) is 2. The van der Waals surface area contributed by atoms with Gasteiger partial charge < -0.3 is 5.32 Å². The van der Waals surface area contributed by atoms with Gasteiger partial charge in [-0.3, -0.25) is 0 Å². The summed E-state index contributed by atoms with van der Waals surface area (Å²) < 4.78 is 0. The van der Waals surface area contributed by atoms with Gasteiger partial charge in [-0.1, -0.05) is 13.8 Å². The summed E-state index contributed by atoms with van der Waals surface area (Å²) >= 11 is 5.62. The minimum absolute atomic E-state index is 0.364. The summed E-state index contributed by atoms with van der Waals surface area (Å²) in [6.45, 7) is 7.12. The van der Waals surface area contributed by atoms with E-state index in [0.717, 1.165) is 42.6 Å². The van der Waals surface area contributed by atoms with Crippen LogP contribution < -0.4 is 5.32 Å². The third-order valence-corrected chi connectivity index (χ3v) is 2.52. The molecular formula is C12H20ClN3. The van der Waals surface area contributed by atoms with Crippen LogP contribution in [0.1, 0.15) is 44.1 Å². The maximum Gasteiger partial charge on any atom is 0.133 e. The van der Waals surface area contributed by atoms with Crippen LogP contribution in [0.4, 0.5) is 5.82 Å². The van der Waals surface area contributed by atoms with Crippen molar-refractivity contribution < 1.29 is 0 Å². The fraction of sp³-hybridized carbons (Fsp3) is 0.667. The van der Waals surface area contributed by atoms with Gasteiger partial charge in [0.05, 0.1) is 0 Å². The Labute approximate surface area is 103 Å². The number of nitrogens with one attached hydrogen (secondary N) is 1. The lowest BCUT2D eigenvalue weighted by Crippen LogP contribution is -2.07. The number of unbranched alkanes of at least 4 members (excludes halogenated alkanes) is 1. The Morgan fingerprint density at radius 3 is 2.69 bits per heavy atom. The maximum atomic E-state index is 5.62. The van der Waals surface area contributed by atoms with Crippen LogP contribution >= 0.6 is 11.6 Å². The minimum Gasteiger partial charge on any atom is -0.370 e. The highest BCUT2D eigenvalue weighted by atomic mass is 35.5. The molecule has 0 saturated carbocycles. The third-order valence-electron chi connectivity index (χ3n) is 2.25. The lowest BCUT2D eigenvalue weighted by atomic mass is 10.2. The number of rotatable bonds is 6. The van der Waals surface area contributed by atoms with Gasteiger partial charge in [0.2, 0.25) is 0 Å². The van der Waals surface area contributed by atoms with Crippen LogP contribution in [-0.4, -0.2) is 22.4 Å². The lowest BCUT2D eigenvalue weighted by Gasteiger charge is -2.09. The van der Waals surface area contributed by atoms with E-state index < -0.39 is 0 Å². The number of hydrogen-bond acceptors (Lipinski definition) is 3. The molecule has 1 aromatic heterocycles.